The molecular weight excluding hydrogens is 284 g/mol. The van der Waals surface area contributed by atoms with E-state index in [4.69, 9.17) is 4.74 Å². The molecule has 1 atom stereocenters. The van der Waals surface area contributed by atoms with Crippen LogP contribution in [0.4, 0.5) is 0 Å². The zero-order valence-corrected chi connectivity index (χ0v) is 15.8. The highest BCUT2D eigenvalue weighted by Gasteiger charge is 2.05. The van der Waals surface area contributed by atoms with Gasteiger partial charge in [0.2, 0.25) is 0 Å². The molecule has 0 heterocycles. The van der Waals surface area contributed by atoms with Crippen LogP contribution in [0.5, 0.6) is 0 Å². The Labute approximate surface area is 145 Å². The van der Waals surface area contributed by atoms with E-state index in [0.717, 1.165) is 12.8 Å². The molecule has 0 amide bonds. The van der Waals surface area contributed by atoms with Gasteiger partial charge in [0.05, 0.1) is 6.10 Å². The Morgan fingerprint density at radius 2 is 1.22 bits per heavy atom. The highest BCUT2D eigenvalue weighted by Crippen LogP contribution is 2.14. The van der Waals surface area contributed by atoms with Crippen LogP contribution in [-0.2, 0) is 9.53 Å². The monoisotopic (exact) mass is 324 g/mol. The second-order valence-corrected chi connectivity index (χ2v) is 6.84. The van der Waals surface area contributed by atoms with Crippen molar-refractivity contribution in [2.24, 2.45) is 0 Å². The minimum Gasteiger partial charge on any atom is -0.460 e. The number of carbonyl (C=O) groups is 1. The number of carbonyl (C=O) groups excluding carboxylic acids is 1. The lowest BCUT2D eigenvalue weighted by atomic mass is 10.0. The van der Waals surface area contributed by atoms with Gasteiger partial charge in [0.1, 0.15) is 0 Å². The van der Waals surface area contributed by atoms with Crippen molar-refractivity contribution in [3.8, 4) is 0 Å². The largest absolute Gasteiger partial charge is 0.460 e. The molecule has 2 nitrogen and oxygen atoms in total. The smallest absolute Gasteiger partial charge is 0.330 e. The quantitative estimate of drug-likeness (QED) is 0.164. The number of ether oxygens (including phenoxy) is 1. The van der Waals surface area contributed by atoms with E-state index in [1.165, 1.54) is 89.5 Å². The van der Waals surface area contributed by atoms with Gasteiger partial charge in [-0.05, 0) is 19.8 Å². The predicted molar refractivity (Wildman–Crippen MR) is 101 cm³/mol. The Morgan fingerprint density at radius 1 is 0.826 bits per heavy atom. The number of esters is 1. The Morgan fingerprint density at radius 3 is 1.61 bits per heavy atom. The van der Waals surface area contributed by atoms with Gasteiger partial charge in [0.25, 0.3) is 0 Å². The maximum atomic E-state index is 11.0. The molecule has 0 aliphatic carbocycles. The van der Waals surface area contributed by atoms with Crippen molar-refractivity contribution in [2.45, 2.75) is 116 Å². The maximum Gasteiger partial charge on any atom is 0.330 e. The summed E-state index contributed by atoms with van der Waals surface area (Å²) in [6.45, 7) is 7.65. The molecule has 0 saturated carbocycles. The molecule has 0 aliphatic rings. The molecule has 0 spiro atoms. The number of hydrogen-bond acceptors (Lipinski definition) is 2. The third-order valence-electron chi connectivity index (χ3n) is 4.45. The van der Waals surface area contributed by atoms with Crippen LogP contribution in [0.1, 0.15) is 110 Å². The van der Waals surface area contributed by atoms with Crippen molar-refractivity contribution in [2.75, 3.05) is 0 Å². The molecule has 0 rings (SSSR count). The van der Waals surface area contributed by atoms with Crippen molar-refractivity contribution in [3.63, 3.8) is 0 Å². The summed E-state index contributed by atoms with van der Waals surface area (Å²) in [5, 5.41) is 0. The normalized spacial score (nSPS) is 12.1. The summed E-state index contributed by atoms with van der Waals surface area (Å²) in [5.74, 6) is -0.303. The highest BCUT2D eigenvalue weighted by molar-refractivity contribution is 5.81. The molecule has 2 heteroatoms. The van der Waals surface area contributed by atoms with Gasteiger partial charge >= 0.3 is 5.97 Å². The van der Waals surface area contributed by atoms with Crippen LogP contribution in [0.2, 0.25) is 0 Å². The lowest BCUT2D eigenvalue weighted by Gasteiger charge is -2.11. The van der Waals surface area contributed by atoms with Crippen molar-refractivity contribution in [1.29, 1.82) is 0 Å². The average molecular weight is 325 g/mol. The van der Waals surface area contributed by atoms with Gasteiger partial charge in [-0.3, -0.25) is 0 Å². The van der Waals surface area contributed by atoms with E-state index in [2.05, 4.69) is 13.5 Å². The first kappa shape index (κ1) is 22.2. The third-order valence-corrected chi connectivity index (χ3v) is 4.45. The molecule has 1 unspecified atom stereocenters. The van der Waals surface area contributed by atoms with Crippen molar-refractivity contribution in [1.82, 2.24) is 0 Å². The molecular formula is C21H40O2. The molecule has 0 aromatic rings. The van der Waals surface area contributed by atoms with E-state index in [1.54, 1.807) is 0 Å². The van der Waals surface area contributed by atoms with Crippen LogP contribution in [0.15, 0.2) is 12.7 Å². The van der Waals surface area contributed by atoms with Crippen LogP contribution in [0.25, 0.3) is 0 Å². The van der Waals surface area contributed by atoms with Crippen LogP contribution in [0, 0.1) is 0 Å². The average Bonchev–Trinajstić information content (AvgIpc) is 2.55. The molecule has 23 heavy (non-hydrogen) atoms. The zero-order chi connectivity index (χ0) is 17.2. The summed E-state index contributed by atoms with van der Waals surface area (Å²) >= 11 is 0. The molecule has 0 radical (unpaired) electrons. The SMILES string of the molecule is C=CC(=O)OC(C)CCCCCCCCCCCCCCCC. The van der Waals surface area contributed by atoms with E-state index in [0.29, 0.717) is 0 Å². The highest BCUT2D eigenvalue weighted by atomic mass is 16.5. The zero-order valence-electron chi connectivity index (χ0n) is 15.8. The fourth-order valence-electron chi connectivity index (χ4n) is 2.93. The minimum absolute atomic E-state index is 0.0258. The summed E-state index contributed by atoms with van der Waals surface area (Å²) < 4.78 is 5.16. The summed E-state index contributed by atoms with van der Waals surface area (Å²) in [4.78, 5) is 11.0. The Balaban J connectivity index is 3.13. The standard InChI is InChI=1S/C21H40O2/c1-4-6-7-8-9-10-11-12-13-14-15-16-17-18-19-20(3)23-21(22)5-2/h5,20H,2,4,6-19H2,1,3H3. The summed E-state index contributed by atoms with van der Waals surface area (Å²) in [7, 11) is 0. The molecule has 0 fully saturated rings. The fourth-order valence-corrected chi connectivity index (χ4v) is 2.93. The van der Waals surface area contributed by atoms with Gasteiger partial charge in [0, 0.05) is 6.08 Å². The molecule has 0 bridgehead atoms. The molecule has 136 valence electrons. The van der Waals surface area contributed by atoms with Crippen molar-refractivity contribution >= 4 is 5.97 Å². The molecule has 0 aromatic heterocycles. The number of unbranched alkanes of at least 4 members (excludes halogenated alkanes) is 13. The molecule has 0 aromatic carbocycles. The molecule has 0 aliphatic heterocycles. The predicted octanol–water partition coefficient (Wildman–Crippen LogP) is 6.98. The first-order valence-corrected chi connectivity index (χ1v) is 10.0. The summed E-state index contributed by atoms with van der Waals surface area (Å²) in [6, 6.07) is 0. The molecule has 0 saturated heterocycles. The lowest BCUT2D eigenvalue weighted by molar-refractivity contribution is -0.142. The number of hydrogen-bond donors (Lipinski definition) is 0. The van der Waals surface area contributed by atoms with Gasteiger partial charge < -0.3 is 4.74 Å². The van der Waals surface area contributed by atoms with Crippen LogP contribution < -0.4 is 0 Å². The first-order chi connectivity index (χ1) is 11.2. The second kappa shape index (κ2) is 17.6. The van der Waals surface area contributed by atoms with Gasteiger partial charge in [-0.15, -0.1) is 0 Å². The Hall–Kier alpha value is -0.790. The maximum absolute atomic E-state index is 11.0. The van der Waals surface area contributed by atoms with E-state index in [1.807, 2.05) is 6.92 Å². The summed E-state index contributed by atoms with van der Waals surface area (Å²) in [5.41, 5.74) is 0. The number of rotatable bonds is 17. The fraction of sp³-hybridized carbons (Fsp3) is 0.857. The molecule has 0 N–H and O–H groups in total. The van der Waals surface area contributed by atoms with Crippen LogP contribution >= 0.6 is 0 Å². The summed E-state index contributed by atoms with van der Waals surface area (Å²) in [6.07, 6.45) is 21.5. The Bertz CT molecular complexity index is 273. The van der Waals surface area contributed by atoms with E-state index < -0.39 is 0 Å². The minimum atomic E-state index is -0.303. The van der Waals surface area contributed by atoms with Crippen LogP contribution in [-0.4, -0.2) is 12.1 Å². The third kappa shape index (κ3) is 17.4. The van der Waals surface area contributed by atoms with Crippen LogP contribution in [0.3, 0.4) is 0 Å². The van der Waals surface area contributed by atoms with Crippen molar-refractivity contribution in [3.05, 3.63) is 12.7 Å². The second-order valence-electron chi connectivity index (χ2n) is 6.84. The van der Waals surface area contributed by atoms with Crippen molar-refractivity contribution < 1.29 is 9.53 Å². The first-order valence-electron chi connectivity index (χ1n) is 10.0. The Kier molecular flexibility index (Phi) is 17.0. The van der Waals surface area contributed by atoms with E-state index in [9.17, 15) is 4.79 Å². The lowest BCUT2D eigenvalue weighted by Crippen LogP contribution is -2.12. The van der Waals surface area contributed by atoms with E-state index >= 15 is 0 Å². The topological polar surface area (TPSA) is 26.3 Å². The van der Waals surface area contributed by atoms with Gasteiger partial charge in [-0.2, -0.15) is 0 Å². The van der Waals surface area contributed by atoms with Gasteiger partial charge in [-0.25, -0.2) is 4.79 Å². The van der Waals surface area contributed by atoms with Gasteiger partial charge in [0.15, 0.2) is 0 Å². The van der Waals surface area contributed by atoms with E-state index in [-0.39, 0.29) is 12.1 Å². The van der Waals surface area contributed by atoms with Gasteiger partial charge in [-0.1, -0.05) is 97.0 Å².